The molecule has 3 nitrogen and oxygen atoms in total. The standard InChI is InChI=1S/C20H14Cl2N2O/c21-16-4-3-5-17(22)15(16)12-25-14-10-8-13(9-11-14)20-23-18-6-1-2-7-19(18)24-20/h1-11H,12H2,(H,23,24). The highest BCUT2D eigenvalue weighted by Crippen LogP contribution is 2.27. The number of fused-ring (bicyclic) bond motifs is 1. The van der Waals surface area contributed by atoms with E-state index in [0.717, 1.165) is 33.7 Å². The van der Waals surface area contributed by atoms with Crippen LogP contribution >= 0.6 is 23.2 Å². The van der Waals surface area contributed by atoms with Crippen LogP contribution in [0.3, 0.4) is 0 Å². The molecule has 4 rings (SSSR count). The van der Waals surface area contributed by atoms with Gasteiger partial charge in [0.05, 0.1) is 11.0 Å². The van der Waals surface area contributed by atoms with Gasteiger partial charge in [-0.05, 0) is 48.5 Å². The molecule has 0 aliphatic carbocycles. The molecule has 3 aromatic carbocycles. The van der Waals surface area contributed by atoms with Crippen molar-refractivity contribution in [3.63, 3.8) is 0 Å². The molecule has 0 unspecified atom stereocenters. The van der Waals surface area contributed by atoms with Gasteiger partial charge in [0.2, 0.25) is 0 Å². The zero-order valence-electron chi connectivity index (χ0n) is 13.2. The zero-order valence-corrected chi connectivity index (χ0v) is 14.7. The maximum atomic E-state index is 6.16. The summed E-state index contributed by atoms with van der Waals surface area (Å²) in [5.41, 5.74) is 3.75. The molecule has 4 aromatic rings. The van der Waals surface area contributed by atoms with Gasteiger partial charge in [0.25, 0.3) is 0 Å². The molecular weight excluding hydrogens is 355 g/mol. The van der Waals surface area contributed by atoms with Crippen molar-refractivity contribution in [3.05, 3.63) is 82.3 Å². The molecule has 1 heterocycles. The first-order valence-corrected chi connectivity index (χ1v) is 8.57. The van der Waals surface area contributed by atoms with Crippen LogP contribution in [0.1, 0.15) is 5.56 Å². The maximum absolute atomic E-state index is 6.16. The highest BCUT2D eigenvalue weighted by molar-refractivity contribution is 6.35. The van der Waals surface area contributed by atoms with Gasteiger partial charge < -0.3 is 9.72 Å². The number of rotatable bonds is 4. The van der Waals surface area contributed by atoms with Crippen LogP contribution in [0.4, 0.5) is 0 Å². The third-order valence-electron chi connectivity index (χ3n) is 3.96. The number of aromatic amines is 1. The Morgan fingerprint density at radius 3 is 2.28 bits per heavy atom. The Kier molecular flexibility index (Phi) is 4.35. The topological polar surface area (TPSA) is 37.9 Å². The molecule has 0 aliphatic rings. The lowest BCUT2D eigenvalue weighted by Crippen LogP contribution is -1.97. The minimum atomic E-state index is 0.322. The van der Waals surface area contributed by atoms with E-state index in [1.165, 1.54) is 0 Å². The molecule has 0 amide bonds. The van der Waals surface area contributed by atoms with Crippen molar-refractivity contribution in [1.29, 1.82) is 0 Å². The number of hydrogen-bond acceptors (Lipinski definition) is 2. The summed E-state index contributed by atoms with van der Waals surface area (Å²) < 4.78 is 5.80. The van der Waals surface area contributed by atoms with Gasteiger partial charge in [-0.25, -0.2) is 4.98 Å². The Morgan fingerprint density at radius 1 is 0.840 bits per heavy atom. The lowest BCUT2D eigenvalue weighted by Gasteiger charge is -2.09. The predicted molar refractivity (Wildman–Crippen MR) is 102 cm³/mol. The van der Waals surface area contributed by atoms with Crippen molar-refractivity contribution >= 4 is 34.2 Å². The van der Waals surface area contributed by atoms with E-state index in [9.17, 15) is 0 Å². The first kappa shape index (κ1) is 16.0. The molecule has 0 aliphatic heterocycles. The number of imidazole rings is 1. The molecule has 1 aromatic heterocycles. The minimum absolute atomic E-state index is 0.322. The van der Waals surface area contributed by atoms with Gasteiger partial charge in [-0.1, -0.05) is 41.4 Å². The van der Waals surface area contributed by atoms with Crippen molar-refractivity contribution < 1.29 is 4.74 Å². The fourth-order valence-corrected chi connectivity index (χ4v) is 3.13. The summed E-state index contributed by atoms with van der Waals surface area (Å²) in [6.45, 7) is 0.322. The number of benzene rings is 3. The number of aromatic nitrogens is 2. The summed E-state index contributed by atoms with van der Waals surface area (Å²) in [6, 6.07) is 21.1. The Labute approximate surface area is 155 Å². The Hall–Kier alpha value is -2.49. The van der Waals surface area contributed by atoms with E-state index in [4.69, 9.17) is 27.9 Å². The molecule has 0 saturated heterocycles. The smallest absolute Gasteiger partial charge is 0.138 e. The van der Waals surface area contributed by atoms with Crippen molar-refractivity contribution in [3.8, 4) is 17.1 Å². The first-order chi connectivity index (χ1) is 12.2. The van der Waals surface area contributed by atoms with E-state index in [-0.39, 0.29) is 0 Å². The van der Waals surface area contributed by atoms with E-state index < -0.39 is 0 Å². The predicted octanol–water partition coefficient (Wildman–Crippen LogP) is 6.12. The second kappa shape index (κ2) is 6.79. The van der Waals surface area contributed by atoms with Crippen LogP contribution in [0.2, 0.25) is 10.0 Å². The monoisotopic (exact) mass is 368 g/mol. The summed E-state index contributed by atoms with van der Waals surface area (Å²) in [6.07, 6.45) is 0. The van der Waals surface area contributed by atoms with Gasteiger partial charge >= 0.3 is 0 Å². The van der Waals surface area contributed by atoms with Crippen molar-refractivity contribution in [2.45, 2.75) is 6.61 Å². The fraction of sp³-hybridized carbons (Fsp3) is 0.0500. The van der Waals surface area contributed by atoms with Crippen LogP contribution in [0.25, 0.3) is 22.4 Å². The lowest BCUT2D eigenvalue weighted by atomic mass is 10.2. The number of halogens is 2. The van der Waals surface area contributed by atoms with Gasteiger partial charge in [-0.3, -0.25) is 0 Å². The Morgan fingerprint density at radius 2 is 1.56 bits per heavy atom. The molecule has 0 saturated carbocycles. The summed E-state index contributed by atoms with van der Waals surface area (Å²) in [4.78, 5) is 7.92. The quantitative estimate of drug-likeness (QED) is 0.471. The number of para-hydroxylation sites is 2. The molecule has 0 atom stereocenters. The fourth-order valence-electron chi connectivity index (χ4n) is 2.62. The van der Waals surface area contributed by atoms with Gasteiger partial charge in [-0.2, -0.15) is 0 Å². The molecule has 124 valence electrons. The van der Waals surface area contributed by atoms with Crippen LogP contribution in [0.5, 0.6) is 5.75 Å². The maximum Gasteiger partial charge on any atom is 0.138 e. The molecule has 0 fully saturated rings. The van der Waals surface area contributed by atoms with Crippen LogP contribution in [0, 0.1) is 0 Å². The summed E-state index contributed by atoms with van der Waals surface area (Å²) in [7, 11) is 0. The van der Waals surface area contributed by atoms with E-state index in [2.05, 4.69) is 9.97 Å². The lowest BCUT2D eigenvalue weighted by molar-refractivity contribution is 0.306. The molecular formula is C20H14Cl2N2O. The molecule has 0 radical (unpaired) electrons. The van der Waals surface area contributed by atoms with E-state index in [1.54, 1.807) is 12.1 Å². The zero-order chi connectivity index (χ0) is 17.2. The van der Waals surface area contributed by atoms with Crippen LogP contribution in [0.15, 0.2) is 66.7 Å². The van der Waals surface area contributed by atoms with Crippen molar-refractivity contribution in [2.75, 3.05) is 0 Å². The van der Waals surface area contributed by atoms with Crippen LogP contribution in [-0.4, -0.2) is 9.97 Å². The molecule has 1 N–H and O–H groups in total. The number of nitrogens with zero attached hydrogens (tertiary/aromatic N) is 1. The summed E-state index contributed by atoms with van der Waals surface area (Å²) in [5, 5.41) is 1.21. The van der Waals surface area contributed by atoms with Crippen LogP contribution in [-0.2, 0) is 6.61 Å². The summed E-state index contributed by atoms with van der Waals surface area (Å²) in [5.74, 6) is 1.58. The van der Waals surface area contributed by atoms with Gasteiger partial charge in [0.1, 0.15) is 18.2 Å². The SMILES string of the molecule is Clc1cccc(Cl)c1COc1ccc(-c2nc3ccccc3[nH]2)cc1. The third-order valence-corrected chi connectivity index (χ3v) is 4.67. The minimum Gasteiger partial charge on any atom is -0.489 e. The van der Waals surface area contributed by atoms with Crippen molar-refractivity contribution in [2.24, 2.45) is 0 Å². The molecule has 25 heavy (non-hydrogen) atoms. The van der Waals surface area contributed by atoms with E-state index >= 15 is 0 Å². The highest BCUT2D eigenvalue weighted by atomic mass is 35.5. The highest BCUT2D eigenvalue weighted by Gasteiger charge is 2.08. The Balaban J connectivity index is 1.52. The second-order valence-corrected chi connectivity index (χ2v) is 6.43. The van der Waals surface area contributed by atoms with Gasteiger partial charge in [0, 0.05) is 21.2 Å². The number of nitrogens with one attached hydrogen (secondary N) is 1. The molecule has 0 bridgehead atoms. The average molecular weight is 369 g/mol. The number of hydrogen-bond donors (Lipinski definition) is 1. The Bertz CT molecular complexity index is 972. The van der Waals surface area contributed by atoms with E-state index in [1.807, 2.05) is 54.6 Å². The summed E-state index contributed by atoms with van der Waals surface area (Å²) >= 11 is 12.3. The third kappa shape index (κ3) is 3.34. The van der Waals surface area contributed by atoms with Crippen LogP contribution < -0.4 is 4.74 Å². The van der Waals surface area contributed by atoms with Gasteiger partial charge in [-0.15, -0.1) is 0 Å². The molecule has 0 spiro atoms. The van der Waals surface area contributed by atoms with Gasteiger partial charge in [0.15, 0.2) is 0 Å². The number of H-pyrrole nitrogens is 1. The molecule has 5 heteroatoms. The largest absolute Gasteiger partial charge is 0.489 e. The average Bonchev–Trinajstić information content (AvgIpc) is 3.06. The number of ether oxygens (including phenoxy) is 1. The van der Waals surface area contributed by atoms with Crippen molar-refractivity contribution in [1.82, 2.24) is 9.97 Å². The normalized spacial score (nSPS) is 11.0. The second-order valence-electron chi connectivity index (χ2n) is 5.62. The first-order valence-electron chi connectivity index (χ1n) is 7.81. The van der Waals surface area contributed by atoms with E-state index in [0.29, 0.717) is 16.7 Å².